The molecule has 8 heteroatoms. The molecule has 0 aliphatic heterocycles. The van der Waals surface area contributed by atoms with Crippen LogP contribution in [0.1, 0.15) is 0 Å². The maximum Gasteiger partial charge on any atom is 0 e. The molecule has 6 nitrogen and oxygen atoms in total. The van der Waals surface area contributed by atoms with Gasteiger partial charge in [0.25, 0.3) is 0 Å². The molecule has 0 saturated carbocycles. The Bertz CT molecular complexity index is 8.49. The van der Waals surface area contributed by atoms with Gasteiger partial charge in [0, 0.05) is 17.1 Å². The Balaban J connectivity index is -0.000000000333. The first kappa shape index (κ1) is 199. The van der Waals surface area contributed by atoms with E-state index in [4.69, 9.17) is 10.5 Å². The molecule has 0 bridgehead atoms. The van der Waals surface area contributed by atoms with Crippen molar-refractivity contribution in [3.05, 3.63) is 0 Å². The largest absolute Gasteiger partial charge is 0.412 e. The summed E-state index contributed by atoms with van der Waals surface area (Å²) in [5, 5.41) is 12.0. The maximum absolute atomic E-state index is 6.00. The predicted molar refractivity (Wildman–Crippen MR) is 27.0 cm³/mol. The van der Waals surface area contributed by atoms with Gasteiger partial charge in [0.2, 0.25) is 0 Å². The summed E-state index contributed by atoms with van der Waals surface area (Å²) in [6.45, 7) is 0. The van der Waals surface area contributed by atoms with Gasteiger partial charge in [-0.2, -0.15) is 0 Å². The quantitative estimate of drug-likeness (QED) is 0.243. The topological polar surface area (TPSA) is 166 Å². The van der Waals surface area contributed by atoms with Crippen LogP contribution in [0.4, 0.5) is 0 Å². The van der Waals surface area contributed by atoms with Crippen LogP contribution < -0.4 is 0 Å². The second-order valence-corrected chi connectivity index (χ2v) is 0. The Labute approximate surface area is 62.6 Å². The minimum atomic E-state index is 0. The van der Waals surface area contributed by atoms with Gasteiger partial charge in [0.15, 0.2) is 0 Å². The van der Waals surface area contributed by atoms with Crippen LogP contribution in [0.15, 0.2) is 0 Å². The third-order valence-electron chi connectivity index (χ3n) is 0. The fourth-order valence-electron chi connectivity index (χ4n) is 0. The summed E-state index contributed by atoms with van der Waals surface area (Å²) >= 11 is 0. The molecule has 0 fully saturated rings. The van der Waals surface area contributed by atoms with E-state index in [2.05, 4.69) is 0 Å². The summed E-state index contributed by atoms with van der Waals surface area (Å²) in [5.41, 5.74) is 0. The van der Waals surface area contributed by atoms with Crippen molar-refractivity contribution >= 4 is 12.4 Å². The summed E-state index contributed by atoms with van der Waals surface area (Å²) < 4.78 is 0. The van der Waals surface area contributed by atoms with Crippen LogP contribution in [0.2, 0.25) is 0 Å². The van der Waals surface area contributed by atoms with E-state index in [1.807, 2.05) is 0 Å². The molecule has 0 atom stereocenters. The van der Waals surface area contributed by atoms with Crippen molar-refractivity contribution in [1.29, 1.82) is 0 Å². The first-order valence-electron chi connectivity index (χ1n) is 0.200. The van der Waals surface area contributed by atoms with Crippen LogP contribution >= 0.6 is 12.4 Å². The van der Waals surface area contributed by atoms with Crippen LogP contribution in [0, 0.1) is 0 Å². The van der Waals surface area contributed by atoms with Crippen LogP contribution in [0.25, 0.3) is 0 Å². The molecule has 0 unspecified atom stereocenters. The Morgan fingerprint density at radius 2 is 0.625 bits per heavy atom. The molecular formula is H11ClFeO6. The maximum atomic E-state index is 6.00. The second kappa shape index (κ2) is 1010. The Kier molecular flexibility index (Phi) is 25100. The number of rotatable bonds is 0. The van der Waals surface area contributed by atoms with Gasteiger partial charge in [-0.15, -0.1) is 12.4 Å². The third-order valence-corrected chi connectivity index (χ3v) is 0. The standard InChI is InChI=1S/ClH.Fe.H2O2.4H2O/c;;1-2;;;;/h1H;;1-2H;4*1H2. The smallest absolute Gasteiger partial charge is 0 e. The van der Waals surface area contributed by atoms with Crippen molar-refractivity contribution in [1.82, 2.24) is 0 Å². The third kappa shape index (κ3) is 628. The fraction of sp³-hybridized carbons (Fsp3) is 0. The zero-order valence-electron chi connectivity index (χ0n) is 3.66. The molecule has 10 N–H and O–H groups in total. The number of hydrogen-bond donors (Lipinski definition) is 2. The average molecular weight is 198 g/mol. The molecule has 0 amide bonds. The van der Waals surface area contributed by atoms with Gasteiger partial charge in [-0.05, 0) is 0 Å². The molecule has 0 aromatic rings. The molecule has 0 saturated heterocycles. The molecule has 0 heterocycles. The monoisotopic (exact) mass is 198 g/mol. The number of hydrogen-bond acceptors (Lipinski definition) is 2. The molecule has 0 spiro atoms. The van der Waals surface area contributed by atoms with Gasteiger partial charge < -0.3 is 21.9 Å². The van der Waals surface area contributed by atoms with Crippen LogP contribution in [0.3, 0.4) is 0 Å². The van der Waals surface area contributed by atoms with E-state index < -0.39 is 0 Å². The van der Waals surface area contributed by atoms with Gasteiger partial charge in [0.1, 0.15) is 0 Å². The van der Waals surface area contributed by atoms with Gasteiger partial charge in [-0.25, -0.2) is 0 Å². The fourth-order valence-corrected chi connectivity index (χ4v) is 0. The van der Waals surface area contributed by atoms with Crippen molar-refractivity contribution in [2.75, 3.05) is 0 Å². The summed E-state index contributed by atoms with van der Waals surface area (Å²) in [6, 6.07) is 0. The SMILES string of the molecule is Cl.O.O.O.O.OO.[Fe]. The Hall–Kier alpha value is 0.569. The van der Waals surface area contributed by atoms with Crippen molar-refractivity contribution in [2.24, 2.45) is 0 Å². The van der Waals surface area contributed by atoms with Crippen molar-refractivity contribution in [3.63, 3.8) is 0 Å². The zero-order valence-corrected chi connectivity index (χ0v) is 5.58. The van der Waals surface area contributed by atoms with E-state index >= 15 is 0 Å². The van der Waals surface area contributed by atoms with E-state index in [9.17, 15) is 0 Å². The average Bonchev–Trinajstić information content (AvgIpc) is 1.00. The molecule has 62 valence electrons. The van der Waals surface area contributed by atoms with Crippen LogP contribution in [-0.4, -0.2) is 32.4 Å². The molecule has 8 heavy (non-hydrogen) atoms. The van der Waals surface area contributed by atoms with Gasteiger partial charge >= 0.3 is 0 Å². The zero-order chi connectivity index (χ0) is 2.00. The van der Waals surface area contributed by atoms with Gasteiger partial charge in [0.05, 0.1) is 0 Å². The predicted octanol–water partition coefficient (Wildman–Crippen LogP) is -2.86. The van der Waals surface area contributed by atoms with E-state index in [0.717, 1.165) is 0 Å². The van der Waals surface area contributed by atoms with E-state index in [0.29, 0.717) is 0 Å². The minimum Gasteiger partial charge on any atom is -0.412 e. The molecule has 0 rings (SSSR count). The molecule has 0 aliphatic rings. The summed E-state index contributed by atoms with van der Waals surface area (Å²) in [5.74, 6) is 0. The number of halogens is 1. The molecule has 0 aromatic heterocycles. The van der Waals surface area contributed by atoms with E-state index in [1.54, 1.807) is 0 Å². The Morgan fingerprint density at radius 1 is 0.625 bits per heavy atom. The minimum absolute atomic E-state index is 0. The van der Waals surface area contributed by atoms with E-state index in [1.165, 1.54) is 0 Å². The van der Waals surface area contributed by atoms with Crippen molar-refractivity contribution < 1.29 is 49.5 Å². The first-order chi connectivity index (χ1) is 1.00. The second-order valence-electron chi connectivity index (χ2n) is 0. The van der Waals surface area contributed by atoms with Gasteiger partial charge in [-0.1, -0.05) is 0 Å². The normalized spacial score (nSPS) is 0.750. The molecule has 0 aromatic carbocycles. The van der Waals surface area contributed by atoms with Crippen LogP contribution in [0.5, 0.6) is 0 Å². The van der Waals surface area contributed by atoms with Crippen LogP contribution in [-0.2, 0) is 17.1 Å². The first-order valence-corrected chi connectivity index (χ1v) is 0.200. The molecular weight excluding hydrogens is 187 g/mol. The van der Waals surface area contributed by atoms with Crippen molar-refractivity contribution in [3.8, 4) is 0 Å². The summed E-state index contributed by atoms with van der Waals surface area (Å²) in [6.07, 6.45) is 0. The van der Waals surface area contributed by atoms with Gasteiger partial charge in [-0.3, -0.25) is 10.5 Å². The van der Waals surface area contributed by atoms with Crippen molar-refractivity contribution in [2.45, 2.75) is 0 Å². The Morgan fingerprint density at radius 3 is 0.625 bits per heavy atom. The molecule has 0 radical (unpaired) electrons. The summed E-state index contributed by atoms with van der Waals surface area (Å²) in [4.78, 5) is 0. The molecule has 0 aliphatic carbocycles. The van der Waals surface area contributed by atoms with E-state index in [-0.39, 0.29) is 51.4 Å². The summed E-state index contributed by atoms with van der Waals surface area (Å²) in [7, 11) is 0.